The Hall–Kier alpha value is -2.60. The lowest BCUT2D eigenvalue weighted by atomic mass is 9.97. The van der Waals surface area contributed by atoms with Crippen LogP contribution < -0.4 is 4.90 Å². The van der Waals surface area contributed by atoms with Gasteiger partial charge in [0.15, 0.2) is 0 Å². The second kappa shape index (κ2) is 7.33. The number of hydrogen-bond acceptors (Lipinski definition) is 4. The average Bonchev–Trinajstić information content (AvgIpc) is 3.16. The number of para-hydroxylation sites is 2. The van der Waals surface area contributed by atoms with Crippen molar-refractivity contribution in [1.82, 2.24) is 14.8 Å². The Morgan fingerprint density at radius 1 is 1.15 bits per heavy atom. The van der Waals surface area contributed by atoms with Crippen LogP contribution in [0.3, 0.4) is 0 Å². The highest BCUT2D eigenvalue weighted by Crippen LogP contribution is 2.31. The quantitative estimate of drug-likeness (QED) is 0.662. The molecule has 6 heteroatoms. The van der Waals surface area contributed by atoms with Crippen LogP contribution in [0.25, 0.3) is 5.69 Å². The SMILES string of the molecule is CC1CCc2ccccc2N1C(=O)CSc1ncn(-c2ccccc2)n1. The smallest absolute Gasteiger partial charge is 0.237 e. The second-order valence-electron chi connectivity index (χ2n) is 6.38. The third-order valence-electron chi connectivity index (χ3n) is 4.61. The lowest BCUT2D eigenvalue weighted by Gasteiger charge is -2.35. The number of anilines is 1. The van der Waals surface area contributed by atoms with Gasteiger partial charge in [0, 0.05) is 11.7 Å². The molecule has 0 N–H and O–H groups in total. The molecule has 0 saturated carbocycles. The largest absolute Gasteiger partial charge is 0.309 e. The van der Waals surface area contributed by atoms with Crippen molar-refractivity contribution in [2.75, 3.05) is 10.7 Å². The topological polar surface area (TPSA) is 51.0 Å². The molecule has 2 aromatic carbocycles. The predicted molar refractivity (Wildman–Crippen MR) is 104 cm³/mol. The molecule has 0 fully saturated rings. The highest BCUT2D eigenvalue weighted by Gasteiger charge is 2.28. The van der Waals surface area contributed by atoms with E-state index >= 15 is 0 Å². The van der Waals surface area contributed by atoms with Crippen LogP contribution in [0.4, 0.5) is 5.69 Å². The molecule has 0 bridgehead atoms. The minimum atomic E-state index is 0.103. The predicted octanol–water partition coefficient (Wildman–Crippen LogP) is 3.73. The summed E-state index contributed by atoms with van der Waals surface area (Å²) in [6.07, 6.45) is 3.70. The maximum Gasteiger partial charge on any atom is 0.237 e. The van der Waals surface area contributed by atoms with E-state index in [1.54, 1.807) is 11.0 Å². The zero-order valence-electron chi connectivity index (χ0n) is 14.6. The maximum absolute atomic E-state index is 12.9. The normalized spacial score (nSPS) is 16.3. The molecular weight excluding hydrogens is 344 g/mol. The molecule has 1 atom stereocenters. The summed E-state index contributed by atoms with van der Waals surface area (Å²) < 4.78 is 1.73. The van der Waals surface area contributed by atoms with Crippen LogP contribution >= 0.6 is 11.8 Å². The van der Waals surface area contributed by atoms with Gasteiger partial charge in [-0.25, -0.2) is 9.67 Å². The lowest BCUT2D eigenvalue weighted by molar-refractivity contribution is -0.116. The van der Waals surface area contributed by atoms with Crippen LogP contribution in [0.5, 0.6) is 0 Å². The second-order valence-corrected chi connectivity index (χ2v) is 7.32. The fourth-order valence-corrected chi connectivity index (χ4v) is 3.94. The summed E-state index contributed by atoms with van der Waals surface area (Å²) in [6, 6.07) is 18.2. The summed E-state index contributed by atoms with van der Waals surface area (Å²) in [5, 5.41) is 5.07. The Bertz CT molecular complexity index is 909. The molecule has 0 aliphatic carbocycles. The van der Waals surface area contributed by atoms with E-state index < -0.39 is 0 Å². The van der Waals surface area contributed by atoms with Crippen molar-refractivity contribution in [2.45, 2.75) is 31.0 Å². The number of hydrogen-bond donors (Lipinski definition) is 0. The molecule has 1 aliphatic rings. The number of fused-ring (bicyclic) bond motifs is 1. The molecule has 0 saturated heterocycles. The first-order valence-electron chi connectivity index (χ1n) is 8.72. The van der Waals surface area contributed by atoms with Gasteiger partial charge in [0.1, 0.15) is 6.33 Å². The van der Waals surface area contributed by atoms with E-state index in [4.69, 9.17) is 0 Å². The monoisotopic (exact) mass is 364 g/mol. The fraction of sp³-hybridized carbons (Fsp3) is 0.250. The van der Waals surface area contributed by atoms with Gasteiger partial charge in [-0.1, -0.05) is 48.2 Å². The van der Waals surface area contributed by atoms with Crippen molar-refractivity contribution in [3.63, 3.8) is 0 Å². The summed E-state index contributed by atoms with van der Waals surface area (Å²) in [5.74, 6) is 0.433. The molecule has 0 radical (unpaired) electrons. The van der Waals surface area contributed by atoms with Crippen molar-refractivity contribution in [3.05, 3.63) is 66.5 Å². The van der Waals surface area contributed by atoms with Crippen molar-refractivity contribution in [2.24, 2.45) is 0 Å². The molecule has 1 amide bonds. The summed E-state index contributed by atoms with van der Waals surface area (Å²) in [7, 11) is 0. The minimum Gasteiger partial charge on any atom is -0.309 e. The zero-order chi connectivity index (χ0) is 17.9. The van der Waals surface area contributed by atoms with E-state index in [2.05, 4.69) is 23.1 Å². The maximum atomic E-state index is 12.9. The first-order chi connectivity index (χ1) is 12.7. The highest BCUT2D eigenvalue weighted by molar-refractivity contribution is 7.99. The van der Waals surface area contributed by atoms with Crippen LogP contribution in [-0.4, -0.2) is 32.5 Å². The first kappa shape index (κ1) is 16.8. The number of rotatable bonds is 4. The van der Waals surface area contributed by atoms with Crippen molar-refractivity contribution in [1.29, 1.82) is 0 Å². The number of carbonyl (C=O) groups is 1. The van der Waals surface area contributed by atoms with Gasteiger partial charge in [0.25, 0.3) is 0 Å². The van der Waals surface area contributed by atoms with E-state index in [-0.39, 0.29) is 11.9 Å². The first-order valence-corrected chi connectivity index (χ1v) is 9.71. The standard InChI is InChI=1S/C20H20N4OS/c1-15-11-12-16-7-5-6-10-18(16)24(15)19(25)13-26-20-21-14-23(22-20)17-8-3-2-4-9-17/h2-10,14-15H,11-13H2,1H3. The van der Waals surface area contributed by atoms with Crippen LogP contribution in [0, 0.1) is 0 Å². The fourth-order valence-electron chi connectivity index (χ4n) is 3.28. The molecule has 4 rings (SSSR count). The van der Waals surface area contributed by atoms with E-state index in [1.165, 1.54) is 17.3 Å². The molecular formula is C20H20N4OS. The Morgan fingerprint density at radius 2 is 1.92 bits per heavy atom. The molecule has 2 heterocycles. The molecule has 1 unspecified atom stereocenters. The third-order valence-corrected chi connectivity index (χ3v) is 5.44. The highest BCUT2D eigenvalue weighted by atomic mass is 32.2. The van der Waals surface area contributed by atoms with Gasteiger partial charge in [-0.05, 0) is 43.5 Å². The van der Waals surface area contributed by atoms with Crippen molar-refractivity contribution >= 4 is 23.4 Å². The Kier molecular flexibility index (Phi) is 4.75. The van der Waals surface area contributed by atoms with Gasteiger partial charge < -0.3 is 4.90 Å². The summed E-state index contributed by atoms with van der Waals surface area (Å²) in [6.45, 7) is 2.11. The number of benzene rings is 2. The number of thioether (sulfide) groups is 1. The number of amides is 1. The molecule has 5 nitrogen and oxygen atoms in total. The van der Waals surface area contributed by atoms with Gasteiger partial charge in [-0.2, -0.15) is 0 Å². The summed E-state index contributed by atoms with van der Waals surface area (Å²) in [4.78, 5) is 19.1. The molecule has 3 aromatic rings. The van der Waals surface area contributed by atoms with E-state index in [1.807, 2.05) is 53.4 Å². The van der Waals surface area contributed by atoms with Gasteiger partial charge in [0.05, 0.1) is 11.4 Å². The number of nitrogens with zero attached hydrogens (tertiary/aromatic N) is 4. The Morgan fingerprint density at radius 3 is 2.77 bits per heavy atom. The Balaban J connectivity index is 1.46. The van der Waals surface area contributed by atoms with Crippen LogP contribution in [0.2, 0.25) is 0 Å². The Labute approximate surface area is 157 Å². The third kappa shape index (κ3) is 3.37. The average molecular weight is 364 g/mol. The van der Waals surface area contributed by atoms with Crippen LogP contribution in [0.1, 0.15) is 18.9 Å². The number of aryl methyl sites for hydroxylation is 1. The molecule has 0 spiro atoms. The van der Waals surface area contributed by atoms with E-state index in [0.29, 0.717) is 10.9 Å². The van der Waals surface area contributed by atoms with Gasteiger partial charge >= 0.3 is 0 Å². The summed E-state index contributed by atoms with van der Waals surface area (Å²) in [5.41, 5.74) is 3.24. The van der Waals surface area contributed by atoms with E-state index in [9.17, 15) is 4.79 Å². The van der Waals surface area contributed by atoms with E-state index in [0.717, 1.165) is 24.2 Å². The number of aromatic nitrogens is 3. The molecule has 26 heavy (non-hydrogen) atoms. The van der Waals surface area contributed by atoms with Crippen molar-refractivity contribution < 1.29 is 4.79 Å². The van der Waals surface area contributed by atoms with Crippen LogP contribution in [0.15, 0.2) is 66.1 Å². The zero-order valence-corrected chi connectivity index (χ0v) is 15.4. The van der Waals surface area contributed by atoms with Gasteiger partial charge in [-0.3, -0.25) is 4.79 Å². The minimum absolute atomic E-state index is 0.103. The van der Waals surface area contributed by atoms with Crippen LogP contribution in [-0.2, 0) is 11.2 Å². The van der Waals surface area contributed by atoms with Gasteiger partial charge in [0.2, 0.25) is 11.1 Å². The molecule has 132 valence electrons. The number of carbonyl (C=O) groups excluding carboxylic acids is 1. The lowest BCUT2D eigenvalue weighted by Crippen LogP contribution is -2.43. The summed E-state index contributed by atoms with van der Waals surface area (Å²) >= 11 is 1.38. The van der Waals surface area contributed by atoms with Crippen molar-refractivity contribution in [3.8, 4) is 5.69 Å². The molecule has 1 aliphatic heterocycles. The molecule has 1 aromatic heterocycles. The van der Waals surface area contributed by atoms with Gasteiger partial charge in [-0.15, -0.1) is 5.10 Å².